The lowest BCUT2D eigenvalue weighted by Gasteiger charge is -2.01. The molecule has 0 aromatic carbocycles. The first-order valence-electron chi connectivity index (χ1n) is 3.51. The average Bonchev–Trinajstić information content (AvgIpc) is 2.45. The van der Waals surface area contributed by atoms with E-state index in [2.05, 4.69) is 26.1 Å². The first-order valence-corrected chi connectivity index (χ1v) is 3.51. The second-order valence-corrected chi connectivity index (χ2v) is 2.87. The molecule has 0 radical (unpaired) electrons. The maximum absolute atomic E-state index is 3.38. The van der Waals surface area contributed by atoms with Crippen molar-refractivity contribution in [1.82, 2.24) is 5.32 Å². The third-order valence-electron chi connectivity index (χ3n) is 2.14. The fourth-order valence-corrected chi connectivity index (χ4v) is 1.16. The molecule has 1 N–H and O–H groups in total. The summed E-state index contributed by atoms with van der Waals surface area (Å²) in [6.07, 6.45) is 1.31. The Hall–Kier alpha value is -0.0400. The summed E-state index contributed by atoms with van der Waals surface area (Å²) in [6, 6.07) is 1.63. The first kappa shape index (κ1) is 6.09. The molecule has 1 aliphatic heterocycles. The van der Waals surface area contributed by atoms with E-state index in [9.17, 15) is 0 Å². The molecule has 0 spiro atoms. The van der Waals surface area contributed by atoms with E-state index in [0.717, 1.165) is 18.0 Å². The summed E-state index contributed by atoms with van der Waals surface area (Å²) in [5, 5.41) is 3.38. The van der Waals surface area contributed by atoms with Crippen molar-refractivity contribution >= 4 is 0 Å². The quantitative estimate of drug-likeness (QED) is 0.537. The SMILES string of the molecule is CCC(C)C1NC1C. The smallest absolute Gasteiger partial charge is 0.0247 e. The molecule has 1 heterocycles. The molecule has 1 heteroatoms. The highest BCUT2D eigenvalue weighted by atomic mass is 15.1. The number of nitrogens with one attached hydrogen (secondary N) is 1. The average molecular weight is 113 g/mol. The molecule has 8 heavy (non-hydrogen) atoms. The van der Waals surface area contributed by atoms with Gasteiger partial charge < -0.3 is 5.32 Å². The van der Waals surface area contributed by atoms with Crippen molar-refractivity contribution in [1.29, 1.82) is 0 Å². The fourth-order valence-electron chi connectivity index (χ4n) is 1.16. The zero-order chi connectivity index (χ0) is 6.15. The third-order valence-corrected chi connectivity index (χ3v) is 2.14. The lowest BCUT2D eigenvalue weighted by Crippen LogP contribution is -2.04. The van der Waals surface area contributed by atoms with Crippen LogP contribution in [0.1, 0.15) is 27.2 Å². The van der Waals surface area contributed by atoms with E-state index in [1.54, 1.807) is 0 Å². The Balaban J connectivity index is 2.18. The van der Waals surface area contributed by atoms with E-state index >= 15 is 0 Å². The van der Waals surface area contributed by atoms with Crippen LogP contribution in [0.4, 0.5) is 0 Å². The van der Waals surface area contributed by atoms with Crippen molar-refractivity contribution in [2.24, 2.45) is 5.92 Å². The Labute approximate surface area is 51.5 Å². The molecule has 0 aliphatic carbocycles. The molecule has 1 aliphatic rings. The summed E-state index contributed by atoms with van der Waals surface area (Å²) in [4.78, 5) is 0. The van der Waals surface area contributed by atoms with Crippen molar-refractivity contribution in [3.8, 4) is 0 Å². The summed E-state index contributed by atoms with van der Waals surface area (Å²) < 4.78 is 0. The molecule has 0 aromatic rings. The van der Waals surface area contributed by atoms with Gasteiger partial charge in [0.05, 0.1) is 0 Å². The Kier molecular flexibility index (Phi) is 1.57. The predicted octanol–water partition coefficient (Wildman–Crippen LogP) is 1.39. The maximum Gasteiger partial charge on any atom is 0.0247 e. The molecule has 0 amide bonds. The molecule has 48 valence electrons. The molecule has 3 atom stereocenters. The van der Waals surface area contributed by atoms with Crippen LogP contribution in [0.15, 0.2) is 0 Å². The zero-order valence-electron chi connectivity index (χ0n) is 5.94. The van der Waals surface area contributed by atoms with E-state index in [0.29, 0.717) is 0 Å². The van der Waals surface area contributed by atoms with Gasteiger partial charge >= 0.3 is 0 Å². The molecule has 0 saturated carbocycles. The van der Waals surface area contributed by atoms with Crippen molar-refractivity contribution in [2.75, 3.05) is 0 Å². The van der Waals surface area contributed by atoms with E-state index < -0.39 is 0 Å². The summed E-state index contributed by atoms with van der Waals surface area (Å²) in [5.41, 5.74) is 0. The van der Waals surface area contributed by atoms with Crippen LogP contribution in [0.2, 0.25) is 0 Å². The first-order chi connectivity index (χ1) is 3.75. The van der Waals surface area contributed by atoms with Crippen LogP contribution in [0, 0.1) is 5.92 Å². The second-order valence-electron chi connectivity index (χ2n) is 2.87. The van der Waals surface area contributed by atoms with Crippen molar-refractivity contribution < 1.29 is 0 Å². The molecule has 0 bridgehead atoms. The number of rotatable bonds is 2. The highest BCUT2D eigenvalue weighted by molar-refractivity contribution is 4.96. The topological polar surface area (TPSA) is 21.9 Å². The summed E-state index contributed by atoms with van der Waals surface area (Å²) in [7, 11) is 0. The third kappa shape index (κ3) is 1.03. The second kappa shape index (κ2) is 2.06. The molecule has 1 fully saturated rings. The predicted molar refractivity (Wildman–Crippen MR) is 35.8 cm³/mol. The van der Waals surface area contributed by atoms with Gasteiger partial charge in [0, 0.05) is 12.1 Å². The Morgan fingerprint density at radius 3 is 2.25 bits per heavy atom. The van der Waals surface area contributed by atoms with Crippen LogP contribution in [-0.4, -0.2) is 12.1 Å². The summed E-state index contributed by atoms with van der Waals surface area (Å²) in [5.74, 6) is 0.880. The van der Waals surface area contributed by atoms with Gasteiger partial charge in [-0.1, -0.05) is 20.3 Å². The highest BCUT2D eigenvalue weighted by Crippen LogP contribution is 2.21. The molecule has 1 nitrogen and oxygen atoms in total. The fraction of sp³-hybridized carbons (Fsp3) is 1.00. The number of hydrogen-bond acceptors (Lipinski definition) is 1. The minimum atomic E-state index is 0.796. The Morgan fingerprint density at radius 2 is 2.12 bits per heavy atom. The van der Waals surface area contributed by atoms with Crippen LogP contribution in [0.25, 0.3) is 0 Å². The van der Waals surface area contributed by atoms with Gasteiger partial charge in [0.1, 0.15) is 0 Å². The van der Waals surface area contributed by atoms with E-state index in [-0.39, 0.29) is 0 Å². The van der Waals surface area contributed by atoms with Crippen LogP contribution >= 0.6 is 0 Å². The van der Waals surface area contributed by atoms with Gasteiger partial charge in [0.15, 0.2) is 0 Å². The molecule has 1 saturated heterocycles. The van der Waals surface area contributed by atoms with Crippen LogP contribution in [0.3, 0.4) is 0 Å². The highest BCUT2D eigenvalue weighted by Gasteiger charge is 2.34. The van der Waals surface area contributed by atoms with Crippen LogP contribution in [0.5, 0.6) is 0 Å². The summed E-state index contributed by atoms with van der Waals surface area (Å²) >= 11 is 0. The monoisotopic (exact) mass is 113 g/mol. The minimum Gasteiger partial charge on any atom is -0.308 e. The van der Waals surface area contributed by atoms with Gasteiger partial charge in [0.25, 0.3) is 0 Å². The standard InChI is InChI=1S/C7H15N/c1-4-5(2)7-6(3)8-7/h5-8H,4H2,1-3H3. The van der Waals surface area contributed by atoms with Gasteiger partial charge in [-0.3, -0.25) is 0 Å². The van der Waals surface area contributed by atoms with Gasteiger partial charge in [-0.15, -0.1) is 0 Å². The lowest BCUT2D eigenvalue weighted by molar-refractivity contribution is 0.541. The molecular formula is C7H15N. The van der Waals surface area contributed by atoms with Crippen molar-refractivity contribution in [2.45, 2.75) is 39.3 Å². The van der Waals surface area contributed by atoms with Gasteiger partial charge in [-0.25, -0.2) is 0 Å². The van der Waals surface area contributed by atoms with E-state index in [1.807, 2.05) is 0 Å². The van der Waals surface area contributed by atoms with Gasteiger partial charge in [-0.2, -0.15) is 0 Å². The zero-order valence-corrected chi connectivity index (χ0v) is 5.94. The maximum atomic E-state index is 3.38. The normalized spacial score (nSPS) is 39.4. The van der Waals surface area contributed by atoms with E-state index in [4.69, 9.17) is 0 Å². The van der Waals surface area contributed by atoms with Gasteiger partial charge in [0.2, 0.25) is 0 Å². The largest absolute Gasteiger partial charge is 0.308 e. The van der Waals surface area contributed by atoms with E-state index in [1.165, 1.54) is 6.42 Å². The Bertz CT molecular complexity index is 78.5. The van der Waals surface area contributed by atoms with Crippen molar-refractivity contribution in [3.63, 3.8) is 0 Å². The molecule has 1 rings (SSSR count). The van der Waals surface area contributed by atoms with Crippen molar-refractivity contribution in [3.05, 3.63) is 0 Å². The number of hydrogen-bond donors (Lipinski definition) is 1. The van der Waals surface area contributed by atoms with Crippen LogP contribution < -0.4 is 5.32 Å². The van der Waals surface area contributed by atoms with Gasteiger partial charge in [-0.05, 0) is 12.8 Å². The lowest BCUT2D eigenvalue weighted by atomic mass is 10.0. The Morgan fingerprint density at radius 1 is 1.62 bits per heavy atom. The van der Waals surface area contributed by atoms with Crippen LogP contribution in [-0.2, 0) is 0 Å². The minimum absolute atomic E-state index is 0.796. The summed E-state index contributed by atoms with van der Waals surface area (Å²) in [6.45, 7) is 6.80. The molecule has 3 unspecified atom stereocenters. The molecular weight excluding hydrogens is 98.1 g/mol. The molecule has 0 aromatic heterocycles.